The molecule has 0 spiro atoms. The summed E-state index contributed by atoms with van der Waals surface area (Å²) in [6.45, 7) is 7.68. The first kappa shape index (κ1) is 8.75. The number of aliphatic hydroxyl groups is 1. The maximum Gasteiger partial charge on any atom is 0.0534 e. The average Bonchev–Trinajstić information content (AvgIpc) is 2.04. The van der Waals surface area contributed by atoms with Gasteiger partial charge in [0, 0.05) is 19.1 Å². The molecule has 0 aromatic carbocycles. The average molecular weight is 156 g/mol. The van der Waals surface area contributed by atoms with Gasteiger partial charge in [-0.25, -0.2) is 0 Å². The molecule has 2 heteroatoms. The molecule has 2 atom stereocenters. The van der Waals surface area contributed by atoms with E-state index in [1.54, 1.807) is 0 Å². The number of hydrogen-bond acceptors (Lipinski definition) is 2. The first-order chi connectivity index (χ1) is 5.25. The summed E-state index contributed by atoms with van der Waals surface area (Å²) in [7, 11) is 0. The van der Waals surface area contributed by atoms with E-state index in [-0.39, 0.29) is 6.61 Å². The quantitative estimate of drug-likeness (QED) is 0.609. The third-order valence-corrected chi connectivity index (χ3v) is 2.37. The molecule has 0 aromatic heterocycles. The highest BCUT2D eigenvalue weighted by molar-refractivity contribution is 5.00. The van der Waals surface area contributed by atoms with Gasteiger partial charge in [0.1, 0.15) is 0 Å². The zero-order valence-corrected chi connectivity index (χ0v) is 7.05. The Morgan fingerprint density at radius 3 is 2.91 bits per heavy atom. The SMILES string of the molecule is C=C(C)C1COCCC1CO. The molecule has 1 aliphatic heterocycles. The van der Waals surface area contributed by atoms with Gasteiger partial charge >= 0.3 is 0 Å². The fourth-order valence-corrected chi connectivity index (χ4v) is 1.55. The zero-order chi connectivity index (χ0) is 8.27. The third kappa shape index (κ3) is 2.04. The van der Waals surface area contributed by atoms with Crippen molar-refractivity contribution >= 4 is 0 Å². The van der Waals surface area contributed by atoms with Gasteiger partial charge in [0.25, 0.3) is 0 Å². The van der Waals surface area contributed by atoms with Gasteiger partial charge in [0.05, 0.1) is 6.61 Å². The van der Waals surface area contributed by atoms with E-state index in [9.17, 15) is 0 Å². The minimum Gasteiger partial charge on any atom is -0.396 e. The van der Waals surface area contributed by atoms with Crippen LogP contribution < -0.4 is 0 Å². The van der Waals surface area contributed by atoms with Crippen LogP contribution in [0, 0.1) is 11.8 Å². The lowest BCUT2D eigenvalue weighted by atomic mass is 9.85. The van der Waals surface area contributed by atoms with Crippen molar-refractivity contribution in [2.75, 3.05) is 19.8 Å². The molecule has 1 saturated heterocycles. The predicted octanol–water partition coefficient (Wildman–Crippen LogP) is 1.21. The topological polar surface area (TPSA) is 29.5 Å². The van der Waals surface area contributed by atoms with Gasteiger partial charge in [-0.1, -0.05) is 12.2 Å². The molecule has 11 heavy (non-hydrogen) atoms. The summed E-state index contributed by atoms with van der Waals surface area (Å²) in [5, 5.41) is 9.01. The summed E-state index contributed by atoms with van der Waals surface area (Å²) in [4.78, 5) is 0. The molecule has 0 bridgehead atoms. The summed E-state index contributed by atoms with van der Waals surface area (Å²) in [5.41, 5.74) is 1.13. The van der Waals surface area contributed by atoms with Crippen molar-refractivity contribution in [3.63, 3.8) is 0 Å². The highest BCUT2D eigenvalue weighted by atomic mass is 16.5. The van der Waals surface area contributed by atoms with Crippen molar-refractivity contribution in [1.29, 1.82) is 0 Å². The summed E-state index contributed by atoms with van der Waals surface area (Å²) in [6, 6.07) is 0. The Kier molecular flexibility index (Phi) is 3.09. The van der Waals surface area contributed by atoms with Crippen molar-refractivity contribution in [2.45, 2.75) is 13.3 Å². The van der Waals surface area contributed by atoms with Crippen LogP contribution in [0.1, 0.15) is 13.3 Å². The van der Waals surface area contributed by atoms with Crippen LogP contribution in [-0.2, 0) is 4.74 Å². The Hall–Kier alpha value is -0.340. The summed E-state index contributed by atoms with van der Waals surface area (Å²) >= 11 is 0. The molecular weight excluding hydrogens is 140 g/mol. The highest BCUT2D eigenvalue weighted by Crippen LogP contribution is 2.26. The Morgan fingerprint density at radius 1 is 1.73 bits per heavy atom. The zero-order valence-electron chi connectivity index (χ0n) is 7.05. The summed E-state index contributed by atoms with van der Waals surface area (Å²) < 4.78 is 5.30. The third-order valence-electron chi connectivity index (χ3n) is 2.37. The molecule has 1 heterocycles. The smallest absolute Gasteiger partial charge is 0.0534 e. The Balaban J connectivity index is 2.51. The fourth-order valence-electron chi connectivity index (χ4n) is 1.55. The second-order valence-corrected chi connectivity index (χ2v) is 3.26. The molecule has 1 rings (SSSR count). The maximum atomic E-state index is 9.01. The standard InChI is InChI=1S/C9H16O2/c1-7(2)9-6-11-4-3-8(9)5-10/h8-10H,1,3-6H2,2H3. The van der Waals surface area contributed by atoms with Gasteiger partial charge in [0.2, 0.25) is 0 Å². The predicted molar refractivity (Wildman–Crippen MR) is 44.3 cm³/mol. The largest absolute Gasteiger partial charge is 0.396 e. The van der Waals surface area contributed by atoms with Crippen LogP contribution >= 0.6 is 0 Å². The van der Waals surface area contributed by atoms with E-state index in [0.717, 1.165) is 25.2 Å². The van der Waals surface area contributed by atoms with E-state index in [4.69, 9.17) is 9.84 Å². The minimum absolute atomic E-state index is 0.265. The molecule has 0 amide bonds. The molecular formula is C9H16O2. The van der Waals surface area contributed by atoms with Gasteiger partial charge in [0.15, 0.2) is 0 Å². The van der Waals surface area contributed by atoms with Gasteiger partial charge in [-0.15, -0.1) is 0 Å². The van der Waals surface area contributed by atoms with Gasteiger partial charge in [-0.2, -0.15) is 0 Å². The lowest BCUT2D eigenvalue weighted by Gasteiger charge is -2.30. The Bertz CT molecular complexity index is 142. The van der Waals surface area contributed by atoms with Crippen LogP contribution in [0.5, 0.6) is 0 Å². The second kappa shape index (κ2) is 3.88. The molecule has 0 radical (unpaired) electrons. The van der Waals surface area contributed by atoms with Crippen LogP contribution in [0.4, 0.5) is 0 Å². The first-order valence-electron chi connectivity index (χ1n) is 4.09. The summed E-state index contributed by atoms with van der Waals surface area (Å²) in [5.74, 6) is 0.745. The fraction of sp³-hybridized carbons (Fsp3) is 0.778. The van der Waals surface area contributed by atoms with E-state index < -0.39 is 0 Å². The van der Waals surface area contributed by atoms with Crippen molar-refractivity contribution in [3.05, 3.63) is 12.2 Å². The van der Waals surface area contributed by atoms with Crippen molar-refractivity contribution in [1.82, 2.24) is 0 Å². The van der Waals surface area contributed by atoms with Crippen molar-refractivity contribution in [3.8, 4) is 0 Å². The number of ether oxygens (including phenoxy) is 1. The lowest BCUT2D eigenvalue weighted by molar-refractivity contribution is 0.0109. The van der Waals surface area contributed by atoms with E-state index in [2.05, 4.69) is 6.58 Å². The monoisotopic (exact) mass is 156 g/mol. The maximum absolute atomic E-state index is 9.01. The Labute approximate surface area is 67.9 Å². The van der Waals surface area contributed by atoms with Crippen LogP contribution in [0.25, 0.3) is 0 Å². The minimum atomic E-state index is 0.265. The molecule has 0 aromatic rings. The van der Waals surface area contributed by atoms with Crippen LogP contribution in [0.3, 0.4) is 0 Å². The van der Waals surface area contributed by atoms with Crippen molar-refractivity contribution in [2.24, 2.45) is 11.8 Å². The molecule has 1 fully saturated rings. The molecule has 64 valence electrons. The van der Waals surface area contributed by atoms with Gasteiger partial charge in [-0.3, -0.25) is 0 Å². The lowest BCUT2D eigenvalue weighted by Crippen LogP contribution is -2.30. The van der Waals surface area contributed by atoms with Crippen LogP contribution in [0.2, 0.25) is 0 Å². The van der Waals surface area contributed by atoms with Gasteiger partial charge in [-0.05, 0) is 19.3 Å². The second-order valence-electron chi connectivity index (χ2n) is 3.26. The van der Waals surface area contributed by atoms with E-state index in [1.807, 2.05) is 6.92 Å². The van der Waals surface area contributed by atoms with Crippen LogP contribution in [-0.4, -0.2) is 24.9 Å². The molecule has 0 saturated carbocycles. The molecule has 1 N–H and O–H groups in total. The first-order valence-corrected chi connectivity index (χ1v) is 4.09. The Morgan fingerprint density at radius 2 is 2.45 bits per heavy atom. The summed E-state index contributed by atoms with van der Waals surface area (Å²) in [6.07, 6.45) is 0.966. The van der Waals surface area contributed by atoms with Crippen molar-refractivity contribution < 1.29 is 9.84 Å². The highest BCUT2D eigenvalue weighted by Gasteiger charge is 2.25. The van der Waals surface area contributed by atoms with E-state index in [0.29, 0.717) is 11.8 Å². The van der Waals surface area contributed by atoms with Gasteiger partial charge < -0.3 is 9.84 Å². The molecule has 2 nitrogen and oxygen atoms in total. The number of hydrogen-bond donors (Lipinski definition) is 1. The molecule has 1 aliphatic rings. The molecule has 2 unspecified atom stereocenters. The normalized spacial score (nSPS) is 31.8. The number of aliphatic hydroxyl groups excluding tert-OH is 1. The van der Waals surface area contributed by atoms with Crippen LogP contribution in [0.15, 0.2) is 12.2 Å². The van der Waals surface area contributed by atoms with E-state index in [1.165, 1.54) is 0 Å². The molecule has 0 aliphatic carbocycles. The number of rotatable bonds is 2. The van der Waals surface area contributed by atoms with E-state index >= 15 is 0 Å².